The fourth-order valence-corrected chi connectivity index (χ4v) is 8.39. The van der Waals surface area contributed by atoms with Crippen molar-refractivity contribution in [3.8, 4) is 0 Å². The monoisotopic (exact) mass is 460 g/mol. The summed E-state index contributed by atoms with van der Waals surface area (Å²) in [6.07, 6.45) is 2.11. The fourth-order valence-electron chi connectivity index (χ4n) is 4.08. The van der Waals surface area contributed by atoms with Crippen LogP contribution >= 0.6 is 7.26 Å². The number of aryl methyl sites for hydroxylation is 1. The number of benzene rings is 4. The lowest BCUT2D eigenvalue weighted by Crippen LogP contribution is -3.00. The molecule has 146 valence electrons. The van der Waals surface area contributed by atoms with E-state index >= 15 is 0 Å². The van der Waals surface area contributed by atoms with Crippen molar-refractivity contribution in [1.29, 1.82) is 0 Å². The van der Waals surface area contributed by atoms with Gasteiger partial charge in [-0.15, -0.1) is 0 Å². The van der Waals surface area contributed by atoms with Crippen LogP contribution < -0.4 is 32.9 Å². The van der Waals surface area contributed by atoms with E-state index in [-0.39, 0.29) is 17.0 Å². The van der Waals surface area contributed by atoms with Crippen molar-refractivity contribution in [2.75, 3.05) is 0 Å². The molecule has 0 heterocycles. The van der Waals surface area contributed by atoms with E-state index in [9.17, 15) is 0 Å². The van der Waals surface area contributed by atoms with E-state index in [0.717, 1.165) is 12.6 Å². The third-order valence-corrected chi connectivity index (χ3v) is 9.85. The fraction of sp³-hybridized carbons (Fsp3) is 0.111. The first-order valence-corrected chi connectivity index (χ1v) is 11.9. The van der Waals surface area contributed by atoms with Gasteiger partial charge in [0.05, 0.1) is 6.16 Å². The molecule has 0 amide bonds. The lowest BCUT2D eigenvalue weighted by atomic mass is 10.1. The van der Waals surface area contributed by atoms with E-state index in [2.05, 4.69) is 122 Å². The molecule has 0 unspecified atom stereocenters. The molecule has 0 nitrogen and oxygen atoms in total. The Bertz CT molecular complexity index is 917. The second-order valence-electron chi connectivity index (χ2n) is 7.10. The Balaban J connectivity index is 0.00000240. The standard InChI is InChI=1S/C27H26P.BrH/c1-2-23-14-12-13-15-24(23)22-28(25-16-6-3-7-17-25,26-18-8-4-9-19-26)27-20-10-5-11-21-27;/h3-21H,2,22H2,1H3;1H/q+1;/p-1. The number of hydrogen-bond acceptors (Lipinski definition) is 0. The third kappa shape index (κ3) is 4.37. The molecule has 4 aromatic rings. The molecule has 0 aliphatic heterocycles. The minimum absolute atomic E-state index is 0. The van der Waals surface area contributed by atoms with E-state index in [1.54, 1.807) is 0 Å². The first-order valence-electron chi connectivity index (χ1n) is 9.96. The van der Waals surface area contributed by atoms with Crippen LogP contribution in [-0.2, 0) is 12.6 Å². The Labute approximate surface area is 185 Å². The van der Waals surface area contributed by atoms with Crippen molar-refractivity contribution < 1.29 is 17.0 Å². The van der Waals surface area contributed by atoms with Crippen LogP contribution in [0.15, 0.2) is 115 Å². The van der Waals surface area contributed by atoms with Gasteiger partial charge < -0.3 is 17.0 Å². The van der Waals surface area contributed by atoms with Crippen LogP contribution in [0.4, 0.5) is 0 Å². The molecule has 0 fully saturated rings. The Kier molecular flexibility index (Phi) is 7.42. The molecule has 0 radical (unpaired) electrons. The maximum Gasteiger partial charge on any atom is 0.116 e. The summed E-state index contributed by atoms with van der Waals surface area (Å²) in [6.45, 7) is 2.26. The first-order chi connectivity index (χ1) is 13.8. The predicted octanol–water partition coefficient (Wildman–Crippen LogP) is 2.75. The molecule has 0 aliphatic carbocycles. The van der Waals surface area contributed by atoms with Crippen LogP contribution in [0, 0.1) is 0 Å². The summed E-state index contributed by atoms with van der Waals surface area (Å²) in [5, 5.41) is 4.33. The molecule has 4 rings (SSSR count). The zero-order valence-corrected chi connectivity index (χ0v) is 19.2. The Morgan fingerprint density at radius 3 is 1.21 bits per heavy atom. The average Bonchev–Trinajstić information content (AvgIpc) is 2.79. The van der Waals surface area contributed by atoms with Crippen molar-refractivity contribution in [2.45, 2.75) is 19.5 Å². The summed E-state index contributed by atoms with van der Waals surface area (Å²) in [5.74, 6) is 0. The van der Waals surface area contributed by atoms with Gasteiger partial charge in [0.15, 0.2) is 0 Å². The molecule has 2 heteroatoms. The molecule has 4 aromatic carbocycles. The Hall–Kier alpha value is -2.21. The minimum atomic E-state index is -1.82. The van der Waals surface area contributed by atoms with Gasteiger partial charge in [-0.25, -0.2) is 0 Å². The molecular formula is C27H26BrP. The molecule has 0 aromatic heterocycles. The quantitative estimate of drug-likeness (QED) is 0.388. The summed E-state index contributed by atoms with van der Waals surface area (Å²) in [4.78, 5) is 0. The van der Waals surface area contributed by atoms with Crippen LogP contribution in [0.5, 0.6) is 0 Å². The van der Waals surface area contributed by atoms with Gasteiger partial charge in [-0.05, 0) is 53.9 Å². The summed E-state index contributed by atoms with van der Waals surface area (Å²) in [7, 11) is -1.82. The van der Waals surface area contributed by atoms with Crippen LogP contribution in [0.25, 0.3) is 0 Å². The summed E-state index contributed by atoms with van der Waals surface area (Å²) in [6, 6.07) is 42.3. The van der Waals surface area contributed by atoms with Crippen LogP contribution in [0.1, 0.15) is 18.1 Å². The van der Waals surface area contributed by atoms with Crippen molar-refractivity contribution in [3.05, 3.63) is 126 Å². The molecule has 0 atom stereocenters. The molecule has 0 bridgehead atoms. The van der Waals surface area contributed by atoms with Crippen LogP contribution in [0.2, 0.25) is 0 Å². The van der Waals surface area contributed by atoms with Crippen LogP contribution in [-0.4, -0.2) is 0 Å². The van der Waals surface area contributed by atoms with Gasteiger partial charge >= 0.3 is 0 Å². The molecule has 0 aliphatic rings. The topological polar surface area (TPSA) is 0 Å². The summed E-state index contributed by atoms with van der Waals surface area (Å²) < 4.78 is 0. The SMILES string of the molecule is CCc1ccccc1C[P+](c1ccccc1)(c1ccccc1)c1ccccc1.[Br-]. The van der Waals surface area contributed by atoms with Crippen molar-refractivity contribution >= 4 is 23.2 Å². The molecule has 0 saturated carbocycles. The average molecular weight is 461 g/mol. The van der Waals surface area contributed by atoms with Gasteiger partial charge in [0.25, 0.3) is 0 Å². The molecule has 0 saturated heterocycles. The third-order valence-electron chi connectivity index (χ3n) is 5.50. The molecular weight excluding hydrogens is 435 g/mol. The highest BCUT2D eigenvalue weighted by molar-refractivity contribution is 7.95. The minimum Gasteiger partial charge on any atom is -1.00 e. The van der Waals surface area contributed by atoms with Gasteiger partial charge in [-0.1, -0.05) is 85.8 Å². The smallest absolute Gasteiger partial charge is 0.116 e. The molecule has 29 heavy (non-hydrogen) atoms. The van der Waals surface area contributed by atoms with Gasteiger partial charge in [0, 0.05) is 0 Å². The Morgan fingerprint density at radius 2 is 0.828 bits per heavy atom. The first kappa shape index (κ1) is 21.5. The maximum absolute atomic E-state index is 2.32. The van der Waals surface area contributed by atoms with Gasteiger partial charge in [0.2, 0.25) is 0 Å². The second kappa shape index (κ2) is 10.0. The lowest BCUT2D eigenvalue weighted by molar-refractivity contribution is -0.00000549. The van der Waals surface area contributed by atoms with Crippen LogP contribution in [0.3, 0.4) is 0 Å². The van der Waals surface area contributed by atoms with E-state index in [1.165, 1.54) is 27.0 Å². The Morgan fingerprint density at radius 1 is 0.483 bits per heavy atom. The number of halogens is 1. The molecule has 0 N–H and O–H groups in total. The van der Waals surface area contributed by atoms with Crippen molar-refractivity contribution in [3.63, 3.8) is 0 Å². The van der Waals surface area contributed by atoms with Gasteiger partial charge in [-0.2, -0.15) is 0 Å². The van der Waals surface area contributed by atoms with Crippen molar-refractivity contribution in [1.82, 2.24) is 0 Å². The van der Waals surface area contributed by atoms with E-state index in [1.807, 2.05) is 0 Å². The zero-order valence-electron chi connectivity index (χ0n) is 16.7. The zero-order chi connectivity index (χ0) is 19.2. The lowest BCUT2D eigenvalue weighted by Gasteiger charge is -2.28. The van der Waals surface area contributed by atoms with E-state index < -0.39 is 7.26 Å². The normalized spacial score (nSPS) is 10.9. The summed E-state index contributed by atoms with van der Waals surface area (Å²) >= 11 is 0. The predicted molar refractivity (Wildman–Crippen MR) is 125 cm³/mol. The van der Waals surface area contributed by atoms with E-state index in [0.29, 0.717) is 0 Å². The highest BCUT2D eigenvalue weighted by atomic mass is 79.9. The van der Waals surface area contributed by atoms with Gasteiger partial charge in [-0.3, -0.25) is 0 Å². The maximum atomic E-state index is 2.32. The highest BCUT2D eigenvalue weighted by Crippen LogP contribution is 2.58. The second-order valence-corrected chi connectivity index (χ2v) is 10.6. The van der Waals surface area contributed by atoms with E-state index in [4.69, 9.17) is 0 Å². The number of rotatable bonds is 6. The number of hydrogen-bond donors (Lipinski definition) is 0. The largest absolute Gasteiger partial charge is 1.00 e. The summed E-state index contributed by atoms with van der Waals surface area (Å²) in [5.41, 5.74) is 2.92. The van der Waals surface area contributed by atoms with Gasteiger partial charge in [0.1, 0.15) is 23.2 Å². The molecule has 0 spiro atoms. The highest BCUT2D eigenvalue weighted by Gasteiger charge is 2.45. The van der Waals surface area contributed by atoms with Crippen molar-refractivity contribution in [2.24, 2.45) is 0 Å².